The lowest BCUT2D eigenvalue weighted by molar-refractivity contribution is 0.102. The molecule has 3 N–H and O–H groups in total. The van der Waals surface area contributed by atoms with Gasteiger partial charge in [0.15, 0.2) is 9.84 Å². The molecular weight excluding hydrogens is 530 g/mol. The fourth-order valence-corrected chi connectivity index (χ4v) is 4.84. The fraction of sp³-hybridized carbons (Fsp3) is 0.107. The average Bonchev–Trinajstić information content (AvgIpc) is 3.17. The molecule has 0 aliphatic heterocycles. The van der Waals surface area contributed by atoms with E-state index in [1.54, 1.807) is 55.1 Å². The normalized spacial score (nSPS) is 11.4. The molecular formula is C28H25N7O4S. The van der Waals surface area contributed by atoms with Crippen molar-refractivity contribution in [2.75, 3.05) is 17.3 Å². The first-order valence-electron chi connectivity index (χ1n) is 12.1. The van der Waals surface area contributed by atoms with Crippen LogP contribution in [0.2, 0.25) is 0 Å². The van der Waals surface area contributed by atoms with Gasteiger partial charge < -0.3 is 11.1 Å². The lowest BCUT2D eigenvalue weighted by atomic mass is 10.1. The summed E-state index contributed by atoms with van der Waals surface area (Å²) in [6.07, 6.45) is 5.31. The molecule has 0 atom stereocenters. The number of nitrogens with one attached hydrogen (secondary N) is 1. The summed E-state index contributed by atoms with van der Waals surface area (Å²) in [4.78, 5) is 39.2. The van der Waals surface area contributed by atoms with Gasteiger partial charge in [-0.3, -0.25) is 19.3 Å². The van der Waals surface area contributed by atoms with Gasteiger partial charge >= 0.3 is 0 Å². The van der Waals surface area contributed by atoms with Gasteiger partial charge in [-0.05, 0) is 37.3 Å². The summed E-state index contributed by atoms with van der Waals surface area (Å²) >= 11 is 0. The number of aromatic nitrogens is 5. The topological polar surface area (TPSA) is 155 Å². The number of nitrogens with zero attached hydrogens (tertiary/aromatic N) is 5. The van der Waals surface area contributed by atoms with E-state index in [4.69, 9.17) is 5.73 Å². The molecule has 0 bridgehead atoms. The van der Waals surface area contributed by atoms with Gasteiger partial charge in [-0.2, -0.15) is 0 Å². The van der Waals surface area contributed by atoms with Crippen molar-refractivity contribution in [3.05, 3.63) is 101 Å². The highest BCUT2D eigenvalue weighted by Crippen LogP contribution is 2.28. The highest BCUT2D eigenvalue weighted by Gasteiger charge is 2.22. The Balaban J connectivity index is 1.41. The quantitative estimate of drug-likeness (QED) is 0.324. The number of anilines is 2. The van der Waals surface area contributed by atoms with Crippen molar-refractivity contribution >= 4 is 27.2 Å². The summed E-state index contributed by atoms with van der Waals surface area (Å²) in [6, 6.07) is 17.3. The number of rotatable bonds is 6. The Bertz CT molecular complexity index is 1910. The van der Waals surface area contributed by atoms with Gasteiger partial charge in [-0.15, -0.1) is 0 Å². The molecule has 0 radical (unpaired) electrons. The van der Waals surface area contributed by atoms with Gasteiger partial charge in [-0.1, -0.05) is 30.3 Å². The second-order valence-corrected chi connectivity index (χ2v) is 11.2. The molecule has 0 spiro atoms. The molecule has 12 heteroatoms. The highest BCUT2D eigenvalue weighted by atomic mass is 32.2. The third kappa shape index (κ3) is 4.99. The van der Waals surface area contributed by atoms with Crippen LogP contribution in [0, 0.1) is 6.92 Å². The van der Waals surface area contributed by atoms with Crippen LogP contribution in [0.4, 0.5) is 11.5 Å². The molecule has 0 aliphatic rings. The minimum Gasteiger partial charge on any atom is -0.382 e. The predicted molar refractivity (Wildman–Crippen MR) is 152 cm³/mol. The summed E-state index contributed by atoms with van der Waals surface area (Å²) in [7, 11) is -1.73. The van der Waals surface area contributed by atoms with E-state index in [1.807, 2.05) is 18.2 Å². The number of para-hydroxylation sites is 1. The van der Waals surface area contributed by atoms with Crippen LogP contribution in [-0.2, 0) is 16.9 Å². The largest absolute Gasteiger partial charge is 0.382 e. The second-order valence-electron chi connectivity index (χ2n) is 9.14. The molecule has 40 heavy (non-hydrogen) atoms. The number of benzene rings is 2. The Hall–Kier alpha value is -5.10. The van der Waals surface area contributed by atoms with Gasteiger partial charge in [0.05, 0.1) is 28.2 Å². The van der Waals surface area contributed by atoms with Gasteiger partial charge in [0.1, 0.15) is 17.1 Å². The summed E-state index contributed by atoms with van der Waals surface area (Å²) in [6.45, 7) is 1.72. The second kappa shape index (κ2) is 10.2. The monoisotopic (exact) mass is 555 g/mol. The molecule has 202 valence electrons. The molecule has 0 unspecified atom stereocenters. The first kappa shape index (κ1) is 26.5. The SMILES string of the molecule is Cc1c(C(=O)Nc2ccc(-c3nc(-c4cncc(S(C)(=O)=O)c4)cnc3N)cc2)c(=O)n(-c2ccccc2)n1C. The molecule has 0 saturated heterocycles. The molecule has 0 fully saturated rings. The van der Waals surface area contributed by atoms with Crippen LogP contribution in [0.25, 0.3) is 28.2 Å². The van der Waals surface area contributed by atoms with Gasteiger partial charge in [-0.25, -0.2) is 23.1 Å². The minimum atomic E-state index is -3.45. The van der Waals surface area contributed by atoms with E-state index in [-0.39, 0.29) is 16.3 Å². The van der Waals surface area contributed by atoms with Crippen LogP contribution in [0.1, 0.15) is 16.1 Å². The van der Waals surface area contributed by atoms with Crippen LogP contribution in [-0.4, -0.2) is 44.9 Å². The molecule has 3 aromatic heterocycles. The van der Waals surface area contributed by atoms with E-state index in [9.17, 15) is 18.0 Å². The Morgan fingerprint density at radius 3 is 2.35 bits per heavy atom. The number of amides is 1. The smallest absolute Gasteiger partial charge is 0.284 e. The number of nitrogen functional groups attached to an aromatic ring is 1. The molecule has 3 heterocycles. The van der Waals surface area contributed by atoms with Crippen molar-refractivity contribution in [1.82, 2.24) is 24.3 Å². The Morgan fingerprint density at radius 1 is 0.975 bits per heavy atom. The van der Waals surface area contributed by atoms with Crippen molar-refractivity contribution < 1.29 is 13.2 Å². The lowest BCUT2D eigenvalue weighted by Gasteiger charge is -2.09. The van der Waals surface area contributed by atoms with Crippen LogP contribution < -0.4 is 16.6 Å². The average molecular weight is 556 g/mol. The summed E-state index contributed by atoms with van der Waals surface area (Å²) in [5.41, 5.74) is 9.24. The highest BCUT2D eigenvalue weighted by molar-refractivity contribution is 7.90. The fourth-order valence-electron chi connectivity index (χ4n) is 4.25. The lowest BCUT2D eigenvalue weighted by Crippen LogP contribution is -2.25. The molecule has 1 amide bonds. The first-order chi connectivity index (χ1) is 19.0. The van der Waals surface area contributed by atoms with E-state index < -0.39 is 21.3 Å². The van der Waals surface area contributed by atoms with Crippen LogP contribution in [0.15, 0.2) is 88.9 Å². The summed E-state index contributed by atoms with van der Waals surface area (Å²) < 4.78 is 27.0. The maximum Gasteiger partial charge on any atom is 0.284 e. The minimum absolute atomic E-state index is 0.0446. The molecule has 2 aromatic carbocycles. The molecule has 5 rings (SSSR count). The number of nitrogens with two attached hydrogens (primary N) is 1. The van der Waals surface area contributed by atoms with Crippen molar-refractivity contribution in [1.29, 1.82) is 0 Å². The third-order valence-corrected chi connectivity index (χ3v) is 7.51. The number of sulfone groups is 1. The summed E-state index contributed by atoms with van der Waals surface area (Å²) in [5.74, 6) is -0.353. The predicted octanol–water partition coefficient (Wildman–Crippen LogP) is 3.24. The zero-order chi connectivity index (χ0) is 28.6. The van der Waals surface area contributed by atoms with Crippen molar-refractivity contribution in [3.8, 4) is 28.2 Å². The zero-order valence-electron chi connectivity index (χ0n) is 21.9. The van der Waals surface area contributed by atoms with Gasteiger partial charge in [0.25, 0.3) is 11.5 Å². The van der Waals surface area contributed by atoms with Crippen LogP contribution in [0.5, 0.6) is 0 Å². The van der Waals surface area contributed by atoms with E-state index in [0.717, 1.165) is 6.26 Å². The Labute approximate surface area is 229 Å². The number of carbonyl (C=O) groups excluding carboxylic acids is 1. The van der Waals surface area contributed by atoms with E-state index >= 15 is 0 Å². The number of hydrogen-bond acceptors (Lipinski definition) is 8. The number of pyridine rings is 1. The first-order valence-corrected chi connectivity index (χ1v) is 14.0. The van der Waals surface area contributed by atoms with Crippen LogP contribution in [0.3, 0.4) is 0 Å². The van der Waals surface area contributed by atoms with E-state index in [0.29, 0.717) is 39.6 Å². The Morgan fingerprint density at radius 2 is 1.68 bits per heavy atom. The van der Waals surface area contributed by atoms with E-state index in [2.05, 4.69) is 20.3 Å². The molecule has 0 aliphatic carbocycles. The third-order valence-electron chi connectivity index (χ3n) is 6.44. The molecule has 5 aromatic rings. The maximum absolute atomic E-state index is 13.2. The van der Waals surface area contributed by atoms with Crippen molar-refractivity contribution in [2.24, 2.45) is 7.05 Å². The van der Waals surface area contributed by atoms with Crippen LogP contribution >= 0.6 is 0 Å². The summed E-state index contributed by atoms with van der Waals surface area (Å²) in [5, 5.41) is 2.78. The number of hydrogen-bond donors (Lipinski definition) is 2. The zero-order valence-corrected chi connectivity index (χ0v) is 22.7. The molecule has 11 nitrogen and oxygen atoms in total. The van der Waals surface area contributed by atoms with E-state index in [1.165, 1.54) is 29.3 Å². The molecule has 0 saturated carbocycles. The van der Waals surface area contributed by atoms with Crippen molar-refractivity contribution in [3.63, 3.8) is 0 Å². The standard InChI is InChI=1S/C28H25N7O4S/c1-17-24(28(37)35(34(17)2)21-7-5-4-6-8-21)27(36)32-20-11-9-18(10-12-20)25-26(29)31-16-23(33-25)19-13-22(15-30-14-19)40(3,38)39/h4-16H,1-3H3,(H2,29,31)(H,32,36). The maximum atomic E-state index is 13.2. The van der Waals surface area contributed by atoms with Gasteiger partial charge in [0.2, 0.25) is 0 Å². The van der Waals surface area contributed by atoms with Crippen molar-refractivity contribution in [2.45, 2.75) is 11.8 Å². The Kier molecular flexibility index (Phi) is 6.78. The van der Waals surface area contributed by atoms with Gasteiger partial charge in [0, 0.05) is 42.5 Å². The number of carbonyl (C=O) groups is 1.